The van der Waals surface area contributed by atoms with Crippen molar-refractivity contribution in [1.29, 1.82) is 0 Å². The number of likely N-dealkylation sites (tertiary alicyclic amines) is 1. The van der Waals surface area contributed by atoms with Gasteiger partial charge in [-0.2, -0.15) is 0 Å². The number of aromatic nitrogens is 2. The highest BCUT2D eigenvalue weighted by Gasteiger charge is 2.45. The van der Waals surface area contributed by atoms with Crippen LogP contribution in [0.5, 0.6) is 11.5 Å². The number of Topliss-reactive ketones (excluding diaryl/α,β-unsaturated/α-hetero) is 1. The molecule has 1 fully saturated rings. The Bertz CT molecular complexity index is 1250. The van der Waals surface area contributed by atoms with Crippen molar-refractivity contribution in [3.8, 4) is 11.5 Å². The molecule has 0 saturated carbocycles. The first-order valence-electron chi connectivity index (χ1n) is 10.9. The van der Waals surface area contributed by atoms with Crippen LogP contribution in [-0.4, -0.2) is 51.0 Å². The molecule has 1 atom stereocenters. The summed E-state index contributed by atoms with van der Waals surface area (Å²) in [6.45, 7) is 1.87. The van der Waals surface area contributed by atoms with Crippen molar-refractivity contribution < 1.29 is 24.2 Å². The lowest BCUT2D eigenvalue weighted by atomic mass is 9.95. The summed E-state index contributed by atoms with van der Waals surface area (Å²) in [5.41, 5.74) is 1.24. The van der Waals surface area contributed by atoms with E-state index in [1.54, 1.807) is 35.6 Å². The fourth-order valence-corrected chi connectivity index (χ4v) is 4.65. The second kappa shape index (κ2) is 9.49. The van der Waals surface area contributed by atoms with Gasteiger partial charge < -0.3 is 24.0 Å². The third kappa shape index (κ3) is 4.27. The van der Waals surface area contributed by atoms with E-state index in [9.17, 15) is 14.7 Å². The molecule has 0 aliphatic carbocycles. The number of hydrogen-bond acceptors (Lipinski definition) is 6. The zero-order valence-corrected chi connectivity index (χ0v) is 20.3. The number of amides is 1. The van der Waals surface area contributed by atoms with Crippen molar-refractivity contribution in [3.05, 3.63) is 81.5 Å². The Morgan fingerprint density at radius 3 is 2.56 bits per heavy atom. The number of aliphatic hydroxyl groups excluding tert-OH is 1. The maximum atomic E-state index is 13.2. The first-order valence-corrected chi connectivity index (χ1v) is 12.0. The van der Waals surface area contributed by atoms with Crippen LogP contribution < -0.4 is 9.47 Å². The standard InChI is InChI=1S/C25H22IN3O5/c26-18-5-2-16(3-6-18)22-21(23(30)17-4-7-19-20(14-17)34-13-12-33-19)24(31)25(32)29(22)10-1-9-28-11-8-27-15-28/h2-8,11,14-15,22,30H,1,9-10,12-13H2/b23-21+. The van der Waals surface area contributed by atoms with Gasteiger partial charge in [0.25, 0.3) is 11.7 Å². The van der Waals surface area contributed by atoms with E-state index in [4.69, 9.17) is 9.47 Å². The van der Waals surface area contributed by atoms with Gasteiger partial charge >= 0.3 is 0 Å². The number of imidazole rings is 1. The largest absolute Gasteiger partial charge is 0.507 e. The first kappa shape index (κ1) is 22.5. The fraction of sp³-hybridized carbons (Fsp3) is 0.240. The number of carbonyl (C=O) groups is 2. The quantitative estimate of drug-likeness (QED) is 0.210. The number of rotatable bonds is 6. The molecular formula is C25H22IN3O5. The van der Waals surface area contributed by atoms with Crippen molar-refractivity contribution in [2.24, 2.45) is 0 Å². The molecule has 3 aromatic rings. The number of ether oxygens (including phenoxy) is 2. The van der Waals surface area contributed by atoms with Gasteiger partial charge in [0.15, 0.2) is 11.5 Å². The Labute approximate surface area is 209 Å². The molecule has 1 amide bonds. The summed E-state index contributed by atoms with van der Waals surface area (Å²) < 4.78 is 14.1. The molecule has 2 aromatic carbocycles. The van der Waals surface area contributed by atoms with Crippen molar-refractivity contribution in [3.63, 3.8) is 0 Å². The monoisotopic (exact) mass is 571 g/mol. The molecular weight excluding hydrogens is 549 g/mol. The van der Waals surface area contributed by atoms with Crippen molar-refractivity contribution >= 4 is 40.0 Å². The maximum Gasteiger partial charge on any atom is 0.295 e. The lowest BCUT2D eigenvalue weighted by molar-refractivity contribution is -0.139. The third-order valence-corrected chi connectivity index (χ3v) is 6.64. The van der Waals surface area contributed by atoms with Gasteiger partial charge in [0.1, 0.15) is 19.0 Å². The molecule has 1 unspecified atom stereocenters. The number of hydrogen-bond donors (Lipinski definition) is 1. The maximum absolute atomic E-state index is 13.2. The second-order valence-corrected chi connectivity index (χ2v) is 9.30. The minimum Gasteiger partial charge on any atom is -0.507 e. The summed E-state index contributed by atoms with van der Waals surface area (Å²) in [5.74, 6) is -0.463. The van der Waals surface area contributed by atoms with E-state index in [0.29, 0.717) is 49.8 Å². The van der Waals surface area contributed by atoms with E-state index in [0.717, 1.165) is 9.13 Å². The number of ketones is 1. The smallest absolute Gasteiger partial charge is 0.295 e. The van der Waals surface area contributed by atoms with Crippen LogP contribution in [0.2, 0.25) is 0 Å². The molecule has 34 heavy (non-hydrogen) atoms. The van der Waals surface area contributed by atoms with Crippen LogP contribution in [0, 0.1) is 3.57 Å². The van der Waals surface area contributed by atoms with E-state index in [1.807, 2.05) is 35.0 Å². The molecule has 2 aliphatic heterocycles. The predicted octanol–water partition coefficient (Wildman–Crippen LogP) is 3.77. The minimum atomic E-state index is -0.696. The van der Waals surface area contributed by atoms with E-state index < -0.39 is 17.7 Å². The summed E-state index contributed by atoms with van der Waals surface area (Å²) in [4.78, 5) is 31.9. The Hall–Kier alpha value is -3.34. The second-order valence-electron chi connectivity index (χ2n) is 8.06. The highest BCUT2D eigenvalue weighted by Crippen LogP contribution is 2.41. The van der Waals surface area contributed by atoms with Crippen LogP contribution in [0.4, 0.5) is 0 Å². The Morgan fingerprint density at radius 2 is 1.82 bits per heavy atom. The molecule has 0 spiro atoms. The summed E-state index contributed by atoms with van der Waals surface area (Å²) in [5, 5.41) is 11.3. The van der Waals surface area contributed by atoms with Gasteiger partial charge in [-0.1, -0.05) is 12.1 Å². The van der Waals surface area contributed by atoms with Gasteiger partial charge in [0.2, 0.25) is 0 Å². The number of nitrogens with zero attached hydrogens (tertiary/aromatic N) is 3. The Morgan fingerprint density at radius 1 is 1.06 bits per heavy atom. The summed E-state index contributed by atoms with van der Waals surface area (Å²) in [7, 11) is 0. The minimum absolute atomic E-state index is 0.0746. The van der Waals surface area contributed by atoms with Crippen molar-refractivity contribution in [1.82, 2.24) is 14.5 Å². The van der Waals surface area contributed by atoms with Gasteiger partial charge in [-0.25, -0.2) is 4.98 Å². The van der Waals surface area contributed by atoms with Crippen molar-refractivity contribution in [2.45, 2.75) is 19.0 Å². The highest BCUT2D eigenvalue weighted by atomic mass is 127. The van der Waals surface area contributed by atoms with Crippen LogP contribution in [-0.2, 0) is 16.1 Å². The average molecular weight is 571 g/mol. The third-order valence-electron chi connectivity index (χ3n) is 5.92. The number of aliphatic hydroxyl groups is 1. The number of benzene rings is 2. The summed E-state index contributed by atoms with van der Waals surface area (Å²) in [6.07, 6.45) is 5.90. The SMILES string of the molecule is O=C1C(=O)N(CCCn2ccnc2)C(c2ccc(I)cc2)/C1=C(\O)c1ccc2c(c1)OCCO2. The number of fused-ring (bicyclic) bond motifs is 1. The van der Waals surface area contributed by atoms with Crippen LogP contribution in [0.25, 0.3) is 5.76 Å². The van der Waals surface area contributed by atoms with E-state index in [1.165, 1.54) is 0 Å². The molecule has 0 bridgehead atoms. The average Bonchev–Trinajstić information content (AvgIpc) is 3.46. The van der Waals surface area contributed by atoms with Crippen molar-refractivity contribution in [2.75, 3.05) is 19.8 Å². The normalized spacial score (nSPS) is 19.0. The zero-order chi connectivity index (χ0) is 23.7. The van der Waals surface area contributed by atoms with Gasteiger partial charge in [0, 0.05) is 34.6 Å². The van der Waals surface area contributed by atoms with Gasteiger partial charge in [-0.05, 0) is 64.9 Å². The van der Waals surface area contributed by atoms with E-state index in [-0.39, 0.29) is 11.3 Å². The van der Waals surface area contributed by atoms with Crippen LogP contribution in [0.1, 0.15) is 23.6 Å². The van der Waals surface area contributed by atoms with E-state index in [2.05, 4.69) is 27.6 Å². The molecule has 3 heterocycles. The topological polar surface area (TPSA) is 93.9 Å². The first-order chi connectivity index (χ1) is 16.5. The summed E-state index contributed by atoms with van der Waals surface area (Å²) in [6, 6.07) is 11.9. The van der Waals surface area contributed by atoms with Crippen LogP contribution in [0.15, 0.2) is 66.8 Å². The lowest BCUT2D eigenvalue weighted by Crippen LogP contribution is -2.31. The molecule has 1 N–H and O–H groups in total. The van der Waals surface area contributed by atoms with E-state index >= 15 is 0 Å². The molecule has 5 rings (SSSR count). The molecule has 2 aliphatic rings. The molecule has 1 saturated heterocycles. The number of halogens is 1. The Balaban J connectivity index is 1.53. The predicted molar refractivity (Wildman–Crippen MR) is 132 cm³/mol. The van der Waals surface area contributed by atoms with Gasteiger partial charge in [-0.15, -0.1) is 0 Å². The molecule has 174 valence electrons. The molecule has 9 heteroatoms. The zero-order valence-electron chi connectivity index (χ0n) is 18.2. The lowest BCUT2D eigenvalue weighted by Gasteiger charge is -2.25. The number of carbonyl (C=O) groups excluding carboxylic acids is 2. The summed E-state index contributed by atoms with van der Waals surface area (Å²) >= 11 is 2.21. The fourth-order valence-electron chi connectivity index (χ4n) is 4.29. The molecule has 8 nitrogen and oxygen atoms in total. The van der Waals surface area contributed by atoms with Crippen LogP contribution in [0.3, 0.4) is 0 Å². The van der Waals surface area contributed by atoms with Crippen LogP contribution >= 0.6 is 22.6 Å². The van der Waals surface area contributed by atoms with Gasteiger partial charge in [-0.3, -0.25) is 9.59 Å². The molecule has 0 radical (unpaired) electrons. The Kier molecular flexibility index (Phi) is 6.27. The number of aryl methyl sites for hydroxylation is 1. The molecule has 1 aromatic heterocycles. The van der Waals surface area contributed by atoms with Gasteiger partial charge in [0.05, 0.1) is 17.9 Å². The highest BCUT2D eigenvalue weighted by molar-refractivity contribution is 14.1.